The van der Waals surface area contributed by atoms with E-state index in [2.05, 4.69) is 10.3 Å². The second-order valence-electron chi connectivity index (χ2n) is 3.79. The van der Waals surface area contributed by atoms with E-state index in [0.29, 0.717) is 11.7 Å². The Morgan fingerprint density at radius 1 is 1.44 bits per heavy atom. The summed E-state index contributed by atoms with van der Waals surface area (Å²) in [5.41, 5.74) is -0.258. The molecule has 0 saturated carbocycles. The number of aromatic nitrogens is 1. The molecule has 0 bridgehead atoms. The third kappa shape index (κ3) is 2.11. The number of likely N-dealkylation sites (N-methyl/N-ethyl adjacent to an activating group) is 1. The summed E-state index contributed by atoms with van der Waals surface area (Å²) < 4.78 is 37.2. The summed E-state index contributed by atoms with van der Waals surface area (Å²) in [5, 5.41) is 3.07. The van der Waals surface area contributed by atoms with Gasteiger partial charge in [0.05, 0.1) is 0 Å². The highest BCUT2D eigenvalue weighted by molar-refractivity contribution is 5.50. The molecule has 1 aliphatic heterocycles. The van der Waals surface area contributed by atoms with Gasteiger partial charge in [-0.25, -0.2) is 0 Å². The van der Waals surface area contributed by atoms with Gasteiger partial charge in [0.2, 0.25) is 0 Å². The van der Waals surface area contributed by atoms with Gasteiger partial charge >= 0.3 is 6.18 Å². The highest BCUT2D eigenvalue weighted by atomic mass is 19.4. The van der Waals surface area contributed by atoms with Gasteiger partial charge in [-0.1, -0.05) is 0 Å². The molecule has 2 heterocycles. The molecule has 1 aromatic heterocycles. The van der Waals surface area contributed by atoms with Gasteiger partial charge in [0.15, 0.2) is 0 Å². The number of halogens is 3. The molecule has 0 unspecified atom stereocenters. The lowest BCUT2D eigenvalue weighted by atomic mass is 10.1. The van der Waals surface area contributed by atoms with Crippen LogP contribution in [0.4, 0.5) is 18.9 Å². The van der Waals surface area contributed by atoms with Gasteiger partial charge in [-0.3, -0.25) is 4.98 Å². The fourth-order valence-corrected chi connectivity index (χ4v) is 1.64. The molecular weight excluding hydrogens is 219 g/mol. The minimum absolute atomic E-state index is 0.363. The van der Waals surface area contributed by atoms with Gasteiger partial charge in [0.1, 0.15) is 5.69 Å². The molecule has 1 N–H and O–H groups in total. The van der Waals surface area contributed by atoms with E-state index in [9.17, 15) is 13.2 Å². The lowest BCUT2D eigenvalue weighted by Gasteiger charge is -2.40. The van der Waals surface area contributed by atoms with Gasteiger partial charge in [-0.2, -0.15) is 13.2 Å². The molecule has 0 radical (unpaired) electrons. The van der Waals surface area contributed by atoms with Crippen molar-refractivity contribution in [3.05, 3.63) is 24.0 Å². The largest absolute Gasteiger partial charge is 0.433 e. The van der Waals surface area contributed by atoms with Crippen LogP contribution in [0.1, 0.15) is 5.69 Å². The highest BCUT2D eigenvalue weighted by Crippen LogP contribution is 2.30. The summed E-state index contributed by atoms with van der Waals surface area (Å²) in [6.45, 7) is 1.47. The number of nitrogens with one attached hydrogen (secondary N) is 1. The second-order valence-corrected chi connectivity index (χ2v) is 3.79. The summed E-state index contributed by atoms with van der Waals surface area (Å²) in [5.74, 6) is 0. The van der Waals surface area contributed by atoms with Crippen LogP contribution in [0.5, 0.6) is 0 Å². The van der Waals surface area contributed by atoms with E-state index in [1.54, 1.807) is 6.07 Å². The molecule has 0 aromatic carbocycles. The zero-order valence-electron chi connectivity index (χ0n) is 8.75. The molecule has 0 amide bonds. The summed E-state index contributed by atoms with van der Waals surface area (Å²) in [6, 6.07) is 3.05. The number of nitrogens with zero attached hydrogens (tertiary/aromatic N) is 2. The first-order valence-electron chi connectivity index (χ1n) is 4.96. The van der Waals surface area contributed by atoms with Crippen molar-refractivity contribution in [2.45, 2.75) is 12.2 Å². The quantitative estimate of drug-likeness (QED) is 0.836. The van der Waals surface area contributed by atoms with Crippen LogP contribution in [0, 0.1) is 0 Å². The monoisotopic (exact) mass is 231 g/mol. The van der Waals surface area contributed by atoms with Crippen molar-refractivity contribution in [2.75, 3.05) is 25.0 Å². The summed E-state index contributed by atoms with van der Waals surface area (Å²) in [7, 11) is 1.84. The fraction of sp³-hybridized carbons (Fsp3) is 0.500. The molecule has 3 nitrogen and oxygen atoms in total. The maximum absolute atomic E-state index is 12.4. The first-order chi connectivity index (χ1) is 7.50. The van der Waals surface area contributed by atoms with E-state index in [4.69, 9.17) is 0 Å². The first-order valence-corrected chi connectivity index (χ1v) is 4.96. The van der Waals surface area contributed by atoms with Crippen LogP contribution in [0.2, 0.25) is 0 Å². The normalized spacial score (nSPS) is 17.4. The van der Waals surface area contributed by atoms with Crippen molar-refractivity contribution in [1.29, 1.82) is 0 Å². The van der Waals surface area contributed by atoms with Crippen molar-refractivity contribution in [3.8, 4) is 0 Å². The fourth-order valence-electron chi connectivity index (χ4n) is 1.64. The number of anilines is 1. The standard InChI is InChI=1S/C10H12F3N3/c1-14-7-5-16(6-7)8-2-3-15-9(4-8)10(11,12)13/h2-4,7,14H,5-6H2,1H3. The SMILES string of the molecule is CNC1CN(c2ccnc(C(F)(F)F)c2)C1. The third-order valence-electron chi connectivity index (χ3n) is 2.69. The lowest BCUT2D eigenvalue weighted by molar-refractivity contribution is -0.141. The predicted molar refractivity (Wildman–Crippen MR) is 54.3 cm³/mol. The minimum atomic E-state index is -4.37. The Morgan fingerprint density at radius 2 is 2.12 bits per heavy atom. The summed E-state index contributed by atoms with van der Waals surface area (Å²) in [6.07, 6.45) is -3.17. The van der Waals surface area contributed by atoms with E-state index in [1.165, 1.54) is 6.20 Å². The molecule has 0 spiro atoms. The zero-order chi connectivity index (χ0) is 11.8. The maximum atomic E-state index is 12.4. The van der Waals surface area contributed by atoms with E-state index >= 15 is 0 Å². The number of hydrogen-bond donors (Lipinski definition) is 1. The molecule has 1 fully saturated rings. The van der Waals surface area contributed by atoms with Gasteiger partial charge in [-0.15, -0.1) is 0 Å². The van der Waals surface area contributed by atoms with Crippen LogP contribution in [0.25, 0.3) is 0 Å². The Kier molecular flexibility index (Phi) is 2.75. The molecule has 0 aliphatic carbocycles. The van der Waals surface area contributed by atoms with Gasteiger partial charge in [0.25, 0.3) is 0 Å². The number of pyridine rings is 1. The Hall–Kier alpha value is -1.30. The van der Waals surface area contributed by atoms with Crippen molar-refractivity contribution in [3.63, 3.8) is 0 Å². The van der Waals surface area contributed by atoms with Crippen LogP contribution in [-0.4, -0.2) is 31.2 Å². The first kappa shape index (κ1) is 11.2. The van der Waals surface area contributed by atoms with Gasteiger partial charge in [-0.05, 0) is 19.2 Å². The molecule has 6 heteroatoms. The van der Waals surface area contributed by atoms with Crippen LogP contribution < -0.4 is 10.2 Å². The zero-order valence-corrected chi connectivity index (χ0v) is 8.75. The average Bonchev–Trinajstić information content (AvgIpc) is 2.15. The van der Waals surface area contributed by atoms with Crippen molar-refractivity contribution in [2.24, 2.45) is 0 Å². The molecule has 0 atom stereocenters. The predicted octanol–water partition coefficient (Wildman–Crippen LogP) is 1.51. The topological polar surface area (TPSA) is 28.2 Å². The minimum Gasteiger partial charge on any atom is -0.368 e. The van der Waals surface area contributed by atoms with Crippen LogP contribution >= 0.6 is 0 Å². The van der Waals surface area contributed by atoms with Crippen LogP contribution in [0.3, 0.4) is 0 Å². The highest BCUT2D eigenvalue weighted by Gasteiger charge is 2.34. The second kappa shape index (κ2) is 3.93. The summed E-state index contributed by atoms with van der Waals surface area (Å²) >= 11 is 0. The van der Waals surface area contributed by atoms with E-state index in [1.807, 2.05) is 11.9 Å². The van der Waals surface area contributed by atoms with E-state index < -0.39 is 11.9 Å². The van der Waals surface area contributed by atoms with Crippen molar-refractivity contribution < 1.29 is 13.2 Å². The number of rotatable bonds is 2. The molecule has 1 aromatic rings. The molecular formula is C10H12F3N3. The Morgan fingerprint density at radius 3 is 2.69 bits per heavy atom. The van der Waals surface area contributed by atoms with Gasteiger partial charge in [0, 0.05) is 31.0 Å². The Labute approximate surface area is 91.3 Å². The lowest BCUT2D eigenvalue weighted by Crippen LogP contribution is -2.57. The van der Waals surface area contributed by atoms with Crippen molar-refractivity contribution >= 4 is 5.69 Å². The van der Waals surface area contributed by atoms with Crippen LogP contribution in [0.15, 0.2) is 18.3 Å². The Balaban J connectivity index is 2.12. The molecule has 88 valence electrons. The smallest absolute Gasteiger partial charge is 0.368 e. The van der Waals surface area contributed by atoms with E-state index in [-0.39, 0.29) is 0 Å². The number of alkyl halides is 3. The summed E-state index contributed by atoms with van der Waals surface area (Å²) in [4.78, 5) is 5.21. The Bertz CT molecular complexity index is 372. The molecule has 16 heavy (non-hydrogen) atoms. The van der Waals surface area contributed by atoms with Gasteiger partial charge < -0.3 is 10.2 Å². The molecule has 1 saturated heterocycles. The number of hydrogen-bond acceptors (Lipinski definition) is 3. The van der Waals surface area contributed by atoms with Crippen molar-refractivity contribution in [1.82, 2.24) is 10.3 Å². The maximum Gasteiger partial charge on any atom is 0.433 e. The van der Waals surface area contributed by atoms with Crippen LogP contribution in [-0.2, 0) is 6.18 Å². The third-order valence-corrected chi connectivity index (χ3v) is 2.69. The molecule has 2 rings (SSSR count). The average molecular weight is 231 g/mol. The van der Waals surface area contributed by atoms with E-state index in [0.717, 1.165) is 19.2 Å². The molecule has 1 aliphatic rings.